The molecule has 1 fully saturated rings. The molecule has 6 nitrogen and oxygen atoms in total. The summed E-state index contributed by atoms with van der Waals surface area (Å²) >= 11 is 4.83. The Balaban J connectivity index is 1.56. The van der Waals surface area contributed by atoms with Gasteiger partial charge in [-0.1, -0.05) is 15.9 Å². The van der Waals surface area contributed by atoms with Gasteiger partial charge in [0.1, 0.15) is 21.9 Å². The molecular formula is C21H22BrNO5S. The lowest BCUT2D eigenvalue weighted by molar-refractivity contribution is -0.111. The van der Waals surface area contributed by atoms with Gasteiger partial charge in [-0.15, -0.1) is 11.8 Å². The molecule has 1 amide bonds. The fourth-order valence-electron chi connectivity index (χ4n) is 3.70. The number of carbonyl (C=O) groups is 3. The molecule has 0 unspecified atom stereocenters. The van der Waals surface area contributed by atoms with Crippen molar-refractivity contribution >= 4 is 51.1 Å². The monoisotopic (exact) mass is 479 g/mol. The quantitative estimate of drug-likeness (QED) is 0.512. The van der Waals surface area contributed by atoms with E-state index >= 15 is 0 Å². The zero-order valence-electron chi connectivity index (χ0n) is 16.5. The number of hydrogen-bond acceptors (Lipinski definition) is 6. The second-order valence-electron chi connectivity index (χ2n) is 8.55. The van der Waals surface area contributed by atoms with Gasteiger partial charge in [0.25, 0.3) is 0 Å². The molecule has 0 N–H and O–H groups in total. The maximum absolute atomic E-state index is 12.6. The number of rotatable bonds is 0. The van der Waals surface area contributed by atoms with Gasteiger partial charge < -0.3 is 14.4 Å². The summed E-state index contributed by atoms with van der Waals surface area (Å²) < 4.78 is 12.7. The summed E-state index contributed by atoms with van der Waals surface area (Å²) in [5.41, 5.74) is 0.0261. The van der Waals surface area contributed by atoms with Gasteiger partial charge in [0.15, 0.2) is 0 Å². The number of nitrogens with zero attached hydrogens (tertiary/aromatic N) is 1. The Kier molecular flexibility index (Phi) is 5.06. The molecule has 3 aliphatic rings. The second-order valence-corrected chi connectivity index (χ2v) is 10.4. The normalized spacial score (nSPS) is 20.9. The molecule has 0 bridgehead atoms. The minimum Gasteiger partial charge on any atom is -0.484 e. The van der Waals surface area contributed by atoms with Crippen LogP contribution in [-0.4, -0.2) is 52.6 Å². The van der Waals surface area contributed by atoms with Gasteiger partial charge in [-0.05, 0) is 39.0 Å². The first-order valence-corrected chi connectivity index (χ1v) is 11.3. The SMILES string of the molecule is CC(C)(C)OC(=O)N1CCC2(CC1)CSC1=C(O2)c2cc(Br)ccc2C(=O)C1=O. The van der Waals surface area contributed by atoms with Crippen LogP contribution in [0.25, 0.3) is 5.76 Å². The molecule has 0 radical (unpaired) electrons. The maximum atomic E-state index is 12.6. The van der Waals surface area contributed by atoms with Gasteiger partial charge in [0, 0.05) is 47.3 Å². The van der Waals surface area contributed by atoms with Gasteiger partial charge in [-0.2, -0.15) is 0 Å². The molecular weight excluding hydrogens is 458 g/mol. The van der Waals surface area contributed by atoms with Crippen molar-refractivity contribution in [3.63, 3.8) is 0 Å². The van der Waals surface area contributed by atoms with E-state index in [1.54, 1.807) is 17.0 Å². The highest BCUT2D eigenvalue weighted by Gasteiger charge is 2.46. The topological polar surface area (TPSA) is 72.9 Å². The van der Waals surface area contributed by atoms with Crippen molar-refractivity contribution < 1.29 is 23.9 Å². The summed E-state index contributed by atoms with van der Waals surface area (Å²) in [7, 11) is 0. The Labute approximate surface area is 182 Å². The fraction of sp³-hybridized carbons (Fsp3) is 0.476. The molecule has 1 aromatic carbocycles. The smallest absolute Gasteiger partial charge is 0.410 e. The summed E-state index contributed by atoms with van der Waals surface area (Å²) in [5.74, 6) is 0.0860. The number of ketones is 2. The van der Waals surface area contributed by atoms with E-state index in [2.05, 4.69) is 15.9 Å². The van der Waals surface area contributed by atoms with Crippen LogP contribution in [0.2, 0.25) is 0 Å². The van der Waals surface area contributed by atoms with Gasteiger partial charge in [0.05, 0.1) is 0 Å². The molecule has 1 aromatic rings. The summed E-state index contributed by atoms with van der Waals surface area (Å²) in [6, 6.07) is 5.23. The lowest BCUT2D eigenvalue weighted by Crippen LogP contribution is -2.51. The van der Waals surface area contributed by atoms with Crippen LogP contribution in [0.15, 0.2) is 27.6 Å². The number of likely N-dealkylation sites (tertiary alicyclic amines) is 1. The average molecular weight is 480 g/mol. The molecule has 2 heterocycles. The van der Waals surface area contributed by atoms with Crippen LogP contribution in [0.3, 0.4) is 0 Å². The van der Waals surface area contributed by atoms with Crippen molar-refractivity contribution in [1.29, 1.82) is 0 Å². The Morgan fingerprint density at radius 2 is 1.86 bits per heavy atom. The minimum absolute atomic E-state index is 0.316. The number of piperidine rings is 1. The van der Waals surface area contributed by atoms with Crippen LogP contribution < -0.4 is 0 Å². The first kappa shape index (κ1) is 20.5. The van der Waals surface area contributed by atoms with Crippen molar-refractivity contribution in [3.8, 4) is 0 Å². The van der Waals surface area contributed by atoms with Gasteiger partial charge in [-0.25, -0.2) is 4.79 Å². The molecule has 0 saturated carbocycles. The highest BCUT2D eigenvalue weighted by atomic mass is 79.9. The van der Waals surface area contributed by atoms with Crippen LogP contribution in [0, 0.1) is 0 Å². The first-order chi connectivity index (χ1) is 13.6. The summed E-state index contributed by atoms with van der Waals surface area (Å²) in [6.45, 7) is 6.60. The number of amides is 1. The minimum atomic E-state index is -0.533. The van der Waals surface area contributed by atoms with E-state index in [1.807, 2.05) is 26.8 Å². The number of hydrogen-bond donors (Lipinski definition) is 0. The molecule has 4 rings (SSSR count). The number of benzene rings is 1. The van der Waals surface area contributed by atoms with Gasteiger partial charge in [0.2, 0.25) is 11.6 Å². The average Bonchev–Trinajstić information content (AvgIpc) is 2.65. The van der Waals surface area contributed by atoms with Crippen molar-refractivity contribution in [2.75, 3.05) is 18.8 Å². The number of thioether (sulfide) groups is 1. The highest BCUT2D eigenvalue weighted by molar-refractivity contribution is 9.10. The van der Waals surface area contributed by atoms with Gasteiger partial charge in [-0.3, -0.25) is 9.59 Å². The predicted molar refractivity (Wildman–Crippen MR) is 114 cm³/mol. The number of ether oxygens (including phenoxy) is 2. The van der Waals surface area contributed by atoms with Gasteiger partial charge >= 0.3 is 6.09 Å². The highest BCUT2D eigenvalue weighted by Crippen LogP contribution is 2.47. The molecule has 1 saturated heterocycles. The number of fused-ring (bicyclic) bond motifs is 2. The fourth-order valence-corrected chi connectivity index (χ4v) is 5.33. The summed E-state index contributed by atoms with van der Waals surface area (Å²) in [4.78, 5) is 39.5. The second kappa shape index (κ2) is 7.16. The third kappa shape index (κ3) is 3.84. The Morgan fingerprint density at radius 3 is 2.52 bits per heavy atom. The zero-order valence-corrected chi connectivity index (χ0v) is 18.9. The Hall–Kier alpha value is -1.80. The van der Waals surface area contributed by atoms with Crippen LogP contribution >= 0.6 is 27.7 Å². The van der Waals surface area contributed by atoms with Crippen molar-refractivity contribution in [1.82, 2.24) is 4.90 Å². The molecule has 2 aliphatic heterocycles. The number of Topliss-reactive ketones (excluding diaryl/α,β-unsaturated/α-hetero) is 2. The molecule has 154 valence electrons. The van der Waals surface area contributed by atoms with Crippen LogP contribution in [-0.2, 0) is 14.3 Å². The lowest BCUT2D eigenvalue weighted by atomic mass is 9.90. The Morgan fingerprint density at radius 1 is 1.17 bits per heavy atom. The first-order valence-electron chi connectivity index (χ1n) is 9.52. The standard InChI is InChI=1S/C21H22BrNO5S/c1-20(2,3)28-19(26)23-8-6-21(7-9-23)11-29-18-16(25)15(24)13-5-4-12(22)10-14(13)17(18)27-21/h4-5,10H,6-9,11H2,1-3H3. The molecule has 1 spiro atoms. The molecule has 8 heteroatoms. The summed E-state index contributed by atoms with van der Waals surface area (Å²) in [6.07, 6.45) is 0.964. The predicted octanol–water partition coefficient (Wildman–Crippen LogP) is 4.42. The number of carbonyl (C=O) groups excluding carboxylic acids is 3. The zero-order chi connectivity index (χ0) is 21.0. The van der Waals surface area contributed by atoms with Crippen molar-refractivity contribution in [2.45, 2.75) is 44.8 Å². The third-order valence-electron chi connectivity index (χ3n) is 5.21. The molecule has 1 aliphatic carbocycles. The third-order valence-corrected chi connectivity index (χ3v) is 7.04. The Bertz CT molecular complexity index is 941. The summed E-state index contributed by atoms with van der Waals surface area (Å²) in [5, 5.41) is 0. The largest absolute Gasteiger partial charge is 0.484 e. The van der Waals surface area contributed by atoms with Crippen LogP contribution in [0.5, 0.6) is 0 Å². The van der Waals surface area contributed by atoms with Crippen LogP contribution in [0.4, 0.5) is 4.79 Å². The van der Waals surface area contributed by atoms with Crippen LogP contribution in [0.1, 0.15) is 49.5 Å². The van der Waals surface area contributed by atoms with E-state index in [9.17, 15) is 14.4 Å². The van der Waals surface area contributed by atoms with E-state index in [-0.39, 0.29) is 6.09 Å². The molecule has 0 atom stereocenters. The maximum Gasteiger partial charge on any atom is 0.410 e. The van der Waals surface area contributed by atoms with E-state index in [1.165, 1.54) is 11.8 Å². The van der Waals surface area contributed by atoms with E-state index < -0.39 is 22.8 Å². The van der Waals surface area contributed by atoms with E-state index in [4.69, 9.17) is 9.47 Å². The van der Waals surface area contributed by atoms with Crippen molar-refractivity contribution in [3.05, 3.63) is 38.7 Å². The lowest BCUT2D eigenvalue weighted by Gasteiger charge is -2.45. The van der Waals surface area contributed by atoms with Crippen molar-refractivity contribution in [2.24, 2.45) is 0 Å². The number of halogens is 1. The number of allylic oxidation sites excluding steroid dienone is 1. The molecule has 0 aromatic heterocycles. The molecule has 29 heavy (non-hydrogen) atoms. The van der Waals surface area contributed by atoms with E-state index in [0.717, 1.165) is 4.47 Å². The van der Waals surface area contributed by atoms with E-state index in [0.29, 0.717) is 53.5 Å².